The Balaban J connectivity index is 2.71. The third-order valence-corrected chi connectivity index (χ3v) is 3.30. The second-order valence-corrected chi connectivity index (χ2v) is 5.04. The Kier molecular flexibility index (Phi) is 5.99. The molecule has 1 aromatic carbocycles. The lowest BCUT2D eigenvalue weighted by molar-refractivity contribution is 0.0518. The van der Waals surface area contributed by atoms with Crippen molar-refractivity contribution in [1.82, 2.24) is 10.6 Å². The average molecular weight is 264 g/mol. The Bertz CT molecular complexity index is 416. The van der Waals surface area contributed by atoms with Gasteiger partial charge in [0.25, 0.3) is 5.91 Å². The number of amides is 1. The van der Waals surface area contributed by atoms with Gasteiger partial charge in [-0.2, -0.15) is 0 Å². The molecule has 0 aliphatic rings. The predicted molar refractivity (Wildman–Crippen MR) is 77.3 cm³/mol. The van der Waals surface area contributed by atoms with Gasteiger partial charge in [0.15, 0.2) is 0 Å². The highest BCUT2D eigenvalue weighted by Crippen LogP contribution is 2.11. The number of likely N-dealkylation sites (N-methyl/N-ethyl adjacent to an activating group) is 1. The third kappa shape index (κ3) is 5.01. The molecule has 106 valence electrons. The van der Waals surface area contributed by atoms with Gasteiger partial charge in [-0.25, -0.2) is 0 Å². The highest BCUT2D eigenvalue weighted by Gasteiger charge is 2.19. The van der Waals surface area contributed by atoms with Crippen LogP contribution in [0.15, 0.2) is 24.3 Å². The number of carbonyl (C=O) groups excluding carboxylic acids is 1. The van der Waals surface area contributed by atoms with Gasteiger partial charge in [0.05, 0.1) is 5.60 Å². The first-order chi connectivity index (χ1) is 9.00. The van der Waals surface area contributed by atoms with Gasteiger partial charge in [0.2, 0.25) is 0 Å². The van der Waals surface area contributed by atoms with E-state index in [9.17, 15) is 9.90 Å². The summed E-state index contributed by atoms with van der Waals surface area (Å²) in [7, 11) is 1.89. The molecule has 19 heavy (non-hydrogen) atoms. The van der Waals surface area contributed by atoms with Gasteiger partial charge in [-0.3, -0.25) is 4.79 Å². The van der Waals surface area contributed by atoms with Crippen molar-refractivity contribution in [2.24, 2.45) is 0 Å². The summed E-state index contributed by atoms with van der Waals surface area (Å²) in [5, 5.41) is 15.8. The van der Waals surface area contributed by atoms with Crippen molar-refractivity contribution >= 4 is 5.91 Å². The van der Waals surface area contributed by atoms with E-state index in [2.05, 4.69) is 10.6 Å². The van der Waals surface area contributed by atoms with Gasteiger partial charge in [-0.15, -0.1) is 0 Å². The Hall–Kier alpha value is -1.39. The fraction of sp³-hybridized carbons (Fsp3) is 0.533. The van der Waals surface area contributed by atoms with E-state index in [1.807, 2.05) is 38.2 Å². The number of carbonyl (C=O) groups is 1. The van der Waals surface area contributed by atoms with Crippen LogP contribution in [0.25, 0.3) is 0 Å². The normalized spacial score (nSPS) is 13.9. The van der Waals surface area contributed by atoms with Crippen LogP contribution in [0.5, 0.6) is 0 Å². The number of benzene rings is 1. The summed E-state index contributed by atoms with van der Waals surface area (Å²) in [6.45, 7) is 4.72. The van der Waals surface area contributed by atoms with Crippen molar-refractivity contribution in [3.63, 3.8) is 0 Å². The molecular formula is C15H24N2O2. The molecule has 1 aromatic rings. The largest absolute Gasteiger partial charge is 0.388 e. The first-order valence-electron chi connectivity index (χ1n) is 6.73. The van der Waals surface area contributed by atoms with Crippen molar-refractivity contribution in [3.05, 3.63) is 35.4 Å². The maximum absolute atomic E-state index is 12.1. The van der Waals surface area contributed by atoms with Crippen LogP contribution in [0, 0.1) is 0 Å². The van der Waals surface area contributed by atoms with Crippen LogP contribution in [0.3, 0.4) is 0 Å². The fourth-order valence-electron chi connectivity index (χ4n) is 1.71. The molecule has 0 radical (unpaired) electrons. The molecule has 0 heterocycles. The van der Waals surface area contributed by atoms with Crippen molar-refractivity contribution in [1.29, 1.82) is 0 Å². The predicted octanol–water partition coefficient (Wildman–Crippen LogP) is 1.34. The Labute approximate surface area is 115 Å². The summed E-state index contributed by atoms with van der Waals surface area (Å²) in [6, 6.07) is 7.57. The molecule has 0 aliphatic heterocycles. The zero-order chi connectivity index (χ0) is 14.3. The molecule has 4 nitrogen and oxygen atoms in total. The van der Waals surface area contributed by atoms with Gasteiger partial charge in [0, 0.05) is 12.1 Å². The Morgan fingerprint density at radius 3 is 2.68 bits per heavy atom. The lowest BCUT2D eigenvalue weighted by atomic mass is 10.0. The number of hydrogen-bond acceptors (Lipinski definition) is 3. The monoisotopic (exact) mass is 264 g/mol. The maximum atomic E-state index is 12.1. The highest BCUT2D eigenvalue weighted by molar-refractivity contribution is 5.95. The van der Waals surface area contributed by atoms with E-state index in [0.29, 0.717) is 12.0 Å². The van der Waals surface area contributed by atoms with Crippen LogP contribution < -0.4 is 10.6 Å². The smallest absolute Gasteiger partial charge is 0.251 e. The summed E-state index contributed by atoms with van der Waals surface area (Å²) < 4.78 is 0. The minimum atomic E-state index is -0.852. The van der Waals surface area contributed by atoms with Crippen molar-refractivity contribution in [2.45, 2.75) is 32.3 Å². The molecule has 1 unspecified atom stereocenters. The third-order valence-electron chi connectivity index (χ3n) is 3.30. The summed E-state index contributed by atoms with van der Waals surface area (Å²) >= 11 is 0. The molecule has 1 rings (SSSR count). The van der Waals surface area contributed by atoms with Gasteiger partial charge >= 0.3 is 0 Å². The summed E-state index contributed by atoms with van der Waals surface area (Å²) in [4.78, 5) is 12.1. The zero-order valence-corrected chi connectivity index (χ0v) is 12.0. The number of nitrogens with one attached hydrogen (secondary N) is 2. The van der Waals surface area contributed by atoms with E-state index < -0.39 is 5.60 Å². The van der Waals surface area contributed by atoms with Crippen LogP contribution in [-0.2, 0) is 6.42 Å². The highest BCUT2D eigenvalue weighted by atomic mass is 16.3. The molecule has 1 amide bonds. The second-order valence-electron chi connectivity index (χ2n) is 5.04. The molecule has 0 fully saturated rings. The topological polar surface area (TPSA) is 61.4 Å². The zero-order valence-electron chi connectivity index (χ0n) is 12.0. The van der Waals surface area contributed by atoms with E-state index in [1.165, 1.54) is 0 Å². The fourth-order valence-corrected chi connectivity index (χ4v) is 1.71. The molecule has 0 saturated carbocycles. The minimum Gasteiger partial charge on any atom is -0.388 e. The van der Waals surface area contributed by atoms with Crippen LogP contribution in [0.1, 0.15) is 36.2 Å². The second kappa shape index (κ2) is 7.26. The summed E-state index contributed by atoms with van der Waals surface area (Å²) in [6.07, 6.45) is 1.42. The van der Waals surface area contributed by atoms with Crippen LogP contribution >= 0.6 is 0 Å². The van der Waals surface area contributed by atoms with Gasteiger partial charge < -0.3 is 15.7 Å². The molecule has 0 spiro atoms. The first kappa shape index (κ1) is 15.7. The van der Waals surface area contributed by atoms with Gasteiger partial charge in [0.1, 0.15) is 0 Å². The molecular weight excluding hydrogens is 240 g/mol. The van der Waals surface area contributed by atoms with Gasteiger partial charge in [-0.1, -0.05) is 25.1 Å². The van der Waals surface area contributed by atoms with Crippen LogP contribution in [0.2, 0.25) is 0 Å². The summed E-state index contributed by atoms with van der Waals surface area (Å²) in [5.74, 6) is -0.125. The van der Waals surface area contributed by atoms with Gasteiger partial charge in [-0.05, 0) is 45.0 Å². The number of rotatable bonds is 7. The SMILES string of the molecule is CCC(C)(O)CNC(=O)c1ccccc1CCNC. The van der Waals surface area contributed by atoms with E-state index in [0.717, 1.165) is 18.5 Å². The lowest BCUT2D eigenvalue weighted by Crippen LogP contribution is -2.40. The van der Waals surface area contributed by atoms with Crippen LogP contribution in [-0.4, -0.2) is 36.8 Å². The average Bonchev–Trinajstić information content (AvgIpc) is 2.43. The molecule has 0 aromatic heterocycles. The Morgan fingerprint density at radius 2 is 2.05 bits per heavy atom. The van der Waals surface area contributed by atoms with E-state index >= 15 is 0 Å². The number of aliphatic hydroxyl groups is 1. The van der Waals surface area contributed by atoms with Crippen molar-refractivity contribution in [2.75, 3.05) is 20.1 Å². The lowest BCUT2D eigenvalue weighted by Gasteiger charge is -2.22. The summed E-state index contributed by atoms with van der Waals surface area (Å²) in [5.41, 5.74) is 0.852. The molecule has 4 heteroatoms. The van der Waals surface area contributed by atoms with Crippen LogP contribution in [0.4, 0.5) is 0 Å². The van der Waals surface area contributed by atoms with E-state index in [4.69, 9.17) is 0 Å². The minimum absolute atomic E-state index is 0.125. The molecule has 0 bridgehead atoms. The Morgan fingerprint density at radius 1 is 1.37 bits per heavy atom. The first-order valence-corrected chi connectivity index (χ1v) is 6.73. The molecule has 0 aliphatic carbocycles. The quantitative estimate of drug-likeness (QED) is 0.696. The maximum Gasteiger partial charge on any atom is 0.251 e. The van der Waals surface area contributed by atoms with E-state index in [1.54, 1.807) is 6.92 Å². The molecule has 1 atom stereocenters. The standard InChI is InChI=1S/C15H24N2O2/c1-4-15(2,19)11-17-14(18)13-8-6-5-7-12(13)9-10-16-3/h5-8,16,19H,4,9-11H2,1-3H3,(H,17,18). The van der Waals surface area contributed by atoms with E-state index in [-0.39, 0.29) is 12.5 Å². The van der Waals surface area contributed by atoms with Crippen molar-refractivity contribution < 1.29 is 9.90 Å². The van der Waals surface area contributed by atoms with Crippen molar-refractivity contribution in [3.8, 4) is 0 Å². The molecule has 3 N–H and O–H groups in total. The molecule has 0 saturated heterocycles. The number of hydrogen-bond donors (Lipinski definition) is 3.